The predicted molar refractivity (Wildman–Crippen MR) is 93.5 cm³/mol. The molecule has 0 bridgehead atoms. The minimum absolute atomic E-state index is 0.244. The topological polar surface area (TPSA) is 50.4 Å². The molecular weight excluding hydrogens is 296 g/mol. The Bertz CT molecular complexity index is 465. The van der Waals surface area contributed by atoms with Gasteiger partial charge in [0, 0.05) is 23.5 Å². The number of hydrogen-bond donors (Lipinski definition) is 2. The molecule has 0 radical (unpaired) electrons. The number of carbonyl (C=O) groups is 1. The fraction of sp³-hybridized carbons (Fsp3) is 0.706. The highest BCUT2D eigenvalue weighted by Crippen LogP contribution is 2.24. The second kappa shape index (κ2) is 8.53. The van der Waals surface area contributed by atoms with E-state index in [2.05, 4.69) is 42.9 Å². The zero-order valence-electron chi connectivity index (χ0n) is 14.7. The zero-order valence-corrected chi connectivity index (χ0v) is 15.5. The Morgan fingerprint density at radius 1 is 1.41 bits per heavy atom. The summed E-state index contributed by atoms with van der Waals surface area (Å²) in [5, 5.41) is 8.61. The van der Waals surface area contributed by atoms with E-state index in [4.69, 9.17) is 4.74 Å². The molecular formula is C17H30N2O2S. The van der Waals surface area contributed by atoms with Crippen LogP contribution in [0.2, 0.25) is 0 Å². The molecule has 0 aliphatic rings. The van der Waals surface area contributed by atoms with Crippen LogP contribution < -0.4 is 10.6 Å². The predicted octanol–water partition coefficient (Wildman–Crippen LogP) is 4.40. The van der Waals surface area contributed by atoms with Crippen LogP contribution in [0.1, 0.15) is 63.9 Å². The van der Waals surface area contributed by atoms with E-state index in [1.54, 1.807) is 11.3 Å². The number of ether oxygens (including phenoxy) is 1. The van der Waals surface area contributed by atoms with Crippen LogP contribution in [0.4, 0.5) is 4.79 Å². The minimum Gasteiger partial charge on any atom is -0.444 e. The standard InChI is InChI=1S/C17H30N2O2S/c1-7-8-14(11-18-16(20)21-17(4,5)6)19-13(3)15-12(2)9-10-22-15/h9-10,13-14,19H,7-8,11H2,1-6H3,(H,18,20). The quantitative estimate of drug-likeness (QED) is 0.781. The molecule has 1 rings (SSSR count). The Morgan fingerprint density at radius 3 is 2.59 bits per heavy atom. The molecule has 22 heavy (non-hydrogen) atoms. The molecule has 126 valence electrons. The molecule has 2 N–H and O–H groups in total. The van der Waals surface area contributed by atoms with Gasteiger partial charge in [-0.05, 0) is 58.0 Å². The highest BCUT2D eigenvalue weighted by atomic mass is 32.1. The average Bonchev–Trinajstić information content (AvgIpc) is 2.80. The Balaban J connectivity index is 2.51. The third-order valence-electron chi connectivity index (χ3n) is 3.31. The number of thiophene rings is 1. The molecule has 5 heteroatoms. The summed E-state index contributed by atoms with van der Waals surface area (Å²) in [6.45, 7) is 12.7. The normalized spacial score (nSPS) is 14.5. The Labute approximate surface area is 138 Å². The smallest absolute Gasteiger partial charge is 0.407 e. The third-order valence-corrected chi connectivity index (χ3v) is 4.51. The Kier molecular flexibility index (Phi) is 7.36. The van der Waals surface area contributed by atoms with Crippen molar-refractivity contribution >= 4 is 17.4 Å². The van der Waals surface area contributed by atoms with Crippen LogP contribution in [-0.4, -0.2) is 24.3 Å². The summed E-state index contributed by atoms with van der Waals surface area (Å²) in [6.07, 6.45) is 1.74. The van der Waals surface area contributed by atoms with Crippen LogP contribution in [0, 0.1) is 6.92 Å². The van der Waals surface area contributed by atoms with Gasteiger partial charge in [-0.15, -0.1) is 11.3 Å². The van der Waals surface area contributed by atoms with E-state index < -0.39 is 5.60 Å². The molecule has 0 aromatic carbocycles. The second-order valence-corrected chi connectivity index (χ2v) is 7.67. The van der Waals surface area contributed by atoms with Gasteiger partial charge in [-0.1, -0.05) is 13.3 Å². The lowest BCUT2D eigenvalue weighted by atomic mass is 10.1. The summed E-state index contributed by atoms with van der Waals surface area (Å²) in [5.74, 6) is 0. The van der Waals surface area contributed by atoms with Gasteiger partial charge in [-0.25, -0.2) is 4.79 Å². The lowest BCUT2D eigenvalue weighted by Crippen LogP contribution is -2.43. The summed E-state index contributed by atoms with van der Waals surface area (Å²) < 4.78 is 5.29. The lowest BCUT2D eigenvalue weighted by Gasteiger charge is -2.25. The van der Waals surface area contributed by atoms with Crippen molar-refractivity contribution in [2.45, 2.75) is 72.1 Å². The molecule has 1 aromatic rings. The molecule has 0 saturated carbocycles. The summed E-state index contributed by atoms with van der Waals surface area (Å²) in [6, 6.07) is 2.68. The first-order chi connectivity index (χ1) is 10.2. The van der Waals surface area contributed by atoms with E-state index in [-0.39, 0.29) is 18.2 Å². The molecule has 0 spiro atoms. The maximum atomic E-state index is 11.8. The fourth-order valence-corrected chi connectivity index (χ4v) is 3.32. The molecule has 1 aromatic heterocycles. The number of hydrogen-bond acceptors (Lipinski definition) is 4. The number of amides is 1. The Morgan fingerprint density at radius 2 is 2.09 bits per heavy atom. The second-order valence-electron chi connectivity index (χ2n) is 6.72. The van der Waals surface area contributed by atoms with E-state index in [0.29, 0.717) is 6.54 Å². The molecule has 2 atom stereocenters. The number of alkyl carbamates (subject to hydrolysis) is 1. The molecule has 0 aliphatic heterocycles. The average molecular weight is 327 g/mol. The van der Waals surface area contributed by atoms with Crippen molar-refractivity contribution in [1.29, 1.82) is 0 Å². The van der Waals surface area contributed by atoms with E-state index in [9.17, 15) is 4.79 Å². The van der Waals surface area contributed by atoms with Crippen LogP contribution in [-0.2, 0) is 4.74 Å². The van der Waals surface area contributed by atoms with Gasteiger partial charge in [0.2, 0.25) is 0 Å². The van der Waals surface area contributed by atoms with Crippen molar-refractivity contribution in [2.24, 2.45) is 0 Å². The minimum atomic E-state index is -0.459. The van der Waals surface area contributed by atoms with Gasteiger partial charge < -0.3 is 15.4 Å². The van der Waals surface area contributed by atoms with Crippen LogP contribution in [0.25, 0.3) is 0 Å². The first-order valence-corrected chi connectivity index (χ1v) is 8.87. The van der Waals surface area contributed by atoms with E-state index >= 15 is 0 Å². The third kappa shape index (κ3) is 6.79. The van der Waals surface area contributed by atoms with Crippen LogP contribution in [0.3, 0.4) is 0 Å². The van der Waals surface area contributed by atoms with Gasteiger partial charge in [0.25, 0.3) is 0 Å². The molecule has 0 aliphatic carbocycles. The summed E-state index contributed by atoms with van der Waals surface area (Å²) in [4.78, 5) is 13.1. The molecule has 0 saturated heterocycles. The molecule has 1 heterocycles. The highest BCUT2D eigenvalue weighted by molar-refractivity contribution is 7.10. The van der Waals surface area contributed by atoms with Gasteiger partial charge in [-0.2, -0.15) is 0 Å². The van der Waals surface area contributed by atoms with Crippen molar-refractivity contribution in [3.05, 3.63) is 21.9 Å². The molecule has 0 fully saturated rings. The monoisotopic (exact) mass is 326 g/mol. The number of rotatable bonds is 7. The van der Waals surface area contributed by atoms with Crippen LogP contribution in [0.15, 0.2) is 11.4 Å². The first-order valence-electron chi connectivity index (χ1n) is 7.99. The maximum Gasteiger partial charge on any atom is 0.407 e. The molecule has 1 amide bonds. The first kappa shape index (κ1) is 19.0. The molecule has 2 unspecified atom stereocenters. The van der Waals surface area contributed by atoms with E-state index in [1.807, 2.05) is 20.8 Å². The van der Waals surface area contributed by atoms with E-state index in [0.717, 1.165) is 12.8 Å². The Hall–Kier alpha value is -1.07. The lowest BCUT2D eigenvalue weighted by molar-refractivity contribution is 0.0521. The summed E-state index contributed by atoms with van der Waals surface area (Å²) in [5.41, 5.74) is 0.861. The van der Waals surface area contributed by atoms with Crippen LogP contribution in [0.5, 0.6) is 0 Å². The van der Waals surface area contributed by atoms with Gasteiger partial charge in [0.05, 0.1) is 0 Å². The zero-order chi connectivity index (χ0) is 16.8. The van der Waals surface area contributed by atoms with Crippen LogP contribution >= 0.6 is 11.3 Å². The number of nitrogens with one attached hydrogen (secondary N) is 2. The van der Waals surface area contributed by atoms with Crippen molar-refractivity contribution in [3.63, 3.8) is 0 Å². The number of aryl methyl sites for hydroxylation is 1. The SMILES string of the molecule is CCCC(CNC(=O)OC(C)(C)C)NC(C)c1sccc1C. The molecule has 4 nitrogen and oxygen atoms in total. The number of carbonyl (C=O) groups excluding carboxylic acids is 1. The largest absolute Gasteiger partial charge is 0.444 e. The summed E-state index contributed by atoms with van der Waals surface area (Å²) >= 11 is 1.78. The fourth-order valence-electron chi connectivity index (χ4n) is 2.37. The van der Waals surface area contributed by atoms with Gasteiger partial charge in [-0.3, -0.25) is 0 Å². The van der Waals surface area contributed by atoms with Gasteiger partial charge in [0.1, 0.15) is 5.60 Å². The highest BCUT2D eigenvalue weighted by Gasteiger charge is 2.19. The van der Waals surface area contributed by atoms with Gasteiger partial charge >= 0.3 is 6.09 Å². The van der Waals surface area contributed by atoms with Crippen molar-refractivity contribution in [1.82, 2.24) is 10.6 Å². The van der Waals surface area contributed by atoms with Crippen molar-refractivity contribution in [2.75, 3.05) is 6.54 Å². The van der Waals surface area contributed by atoms with E-state index in [1.165, 1.54) is 10.4 Å². The maximum absolute atomic E-state index is 11.8. The van der Waals surface area contributed by atoms with Gasteiger partial charge in [0.15, 0.2) is 0 Å². The summed E-state index contributed by atoms with van der Waals surface area (Å²) in [7, 11) is 0. The van der Waals surface area contributed by atoms with Crippen molar-refractivity contribution < 1.29 is 9.53 Å². The van der Waals surface area contributed by atoms with Crippen molar-refractivity contribution in [3.8, 4) is 0 Å².